The van der Waals surface area contributed by atoms with E-state index in [1.807, 2.05) is 0 Å². The molecule has 0 aliphatic carbocycles. The summed E-state index contributed by atoms with van der Waals surface area (Å²) in [6, 6.07) is 2.78. The maximum absolute atomic E-state index is 13.7. The number of hydrogen-bond acceptors (Lipinski definition) is 3. The summed E-state index contributed by atoms with van der Waals surface area (Å²) in [6.07, 6.45) is -0.115. The molecule has 1 aliphatic heterocycles. The summed E-state index contributed by atoms with van der Waals surface area (Å²) in [7, 11) is 0. The summed E-state index contributed by atoms with van der Waals surface area (Å²) in [5, 5.41) is 8.70. The van der Waals surface area contributed by atoms with Gasteiger partial charge < -0.3 is 14.6 Å². The number of aliphatic carboxylic acids is 1. The molecule has 0 saturated heterocycles. The summed E-state index contributed by atoms with van der Waals surface area (Å²) >= 11 is 0. The number of carboxylic acid groups (broad SMARTS) is 1. The van der Waals surface area contributed by atoms with Crippen LogP contribution >= 0.6 is 0 Å². The third-order valence-electron chi connectivity index (χ3n) is 2.67. The summed E-state index contributed by atoms with van der Waals surface area (Å²) < 4.78 is 24.3. The maximum atomic E-state index is 13.7. The highest BCUT2D eigenvalue weighted by molar-refractivity contribution is 5.68. The van der Waals surface area contributed by atoms with Crippen molar-refractivity contribution in [3.63, 3.8) is 0 Å². The predicted molar refractivity (Wildman–Crippen MR) is 58.1 cm³/mol. The number of fused-ring (bicyclic) bond motifs is 1. The Labute approximate surface area is 98.0 Å². The predicted octanol–water partition coefficient (Wildman–Crippen LogP) is 2.18. The first kappa shape index (κ1) is 11.7. The van der Waals surface area contributed by atoms with Gasteiger partial charge >= 0.3 is 5.97 Å². The molecule has 1 aliphatic rings. The Bertz CT molecular complexity index is 444. The SMILES string of the molecule is CC(CC(=O)O)c1cc2c(cc1F)OCCO2. The van der Waals surface area contributed by atoms with Crippen molar-refractivity contribution in [2.75, 3.05) is 13.2 Å². The third kappa shape index (κ3) is 2.49. The first-order chi connectivity index (χ1) is 8.08. The van der Waals surface area contributed by atoms with E-state index in [1.54, 1.807) is 6.92 Å². The highest BCUT2D eigenvalue weighted by Gasteiger charge is 2.20. The summed E-state index contributed by atoms with van der Waals surface area (Å²) in [5.41, 5.74) is 0.344. The molecule has 1 aromatic carbocycles. The summed E-state index contributed by atoms with van der Waals surface area (Å²) in [5.74, 6) is -0.956. The molecule has 0 bridgehead atoms. The Balaban J connectivity index is 2.31. The van der Waals surface area contributed by atoms with Crippen LogP contribution in [0.1, 0.15) is 24.8 Å². The van der Waals surface area contributed by atoms with Crippen LogP contribution in [0.4, 0.5) is 4.39 Å². The van der Waals surface area contributed by atoms with Gasteiger partial charge in [-0.25, -0.2) is 4.39 Å². The van der Waals surface area contributed by atoms with E-state index in [9.17, 15) is 9.18 Å². The van der Waals surface area contributed by atoms with Gasteiger partial charge in [-0.2, -0.15) is 0 Å². The molecule has 1 heterocycles. The molecule has 2 rings (SSSR count). The van der Waals surface area contributed by atoms with Crippen molar-refractivity contribution < 1.29 is 23.8 Å². The van der Waals surface area contributed by atoms with Crippen LogP contribution in [0, 0.1) is 5.82 Å². The zero-order valence-corrected chi connectivity index (χ0v) is 9.40. The number of hydrogen-bond donors (Lipinski definition) is 1. The Hall–Kier alpha value is -1.78. The van der Waals surface area contributed by atoms with Crippen LogP contribution < -0.4 is 9.47 Å². The lowest BCUT2D eigenvalue weighted by Crippen LogP contribution is -2.16. The van der Waals surface area contributed by atoms with Gasteiger partial charge in [0.05, 0.1) is 6.42 Å². The maximum Gasteiger partial charge on any atom is 0.303 e. The van der Waals surface area contributed by atoms with Crippen molar-refractivity contribution in [1.82, 2.24) is 0 Å². The molecule has 0 fully saturated rings. The zero-order valence-electron chi connectivity index (χ0n) is 9.40. The first-order valence-electron chi connectivity index (χ1n) is 5.38. The molecule has 0 amide bonds. The average molecular weight is 240 g/mol. The van der Waals surface area contributed by atoms with Crippen LogP contribution in [0.15, 0.2) is 12.1 Å². The molecule has 0 radical (unpaired) electrons. The van der Waals surface area contributed by atoms with Crippen molar-refractivity contribution in [2.45, 2.75) is 19.3 Å². The first-order valence-corrected chi connectivity index (χ1v) is 5.38. The van der Waals surface area contributed by atoms with E-state index in [-0.39, 0.29) is 6.42 Å². The monoisotopic (exact) mass is 240 g/mol. The van der Waals surface area contributed by atoms with Gasteiger partial charge in [0.15, 0.2) is 11.5 Å². The normalized spacial score (nSPS) is 15.4. The third-order valence-corrected chi connectivity index (χ3v) is 2.67. The van der Waals surface area contributed by atoms with Gasteiger partial charge in [-0.1, -0.05) is 6.92 Å². The highest BCUT2D eigenvalue weighted by Crippen LogP contribution is 2.35. The van der Waals surface area contributed by atoms with Crippen LogP contribution in [0.5, 0.6) is 11.5 Å². The molecule has 1 atom stereocenters. The molecule has 1 aromatic rings. The van der Waals surface area contributed by atoms with Gasteiger partial charge in [-0.05, 0) is 17.5 Å². The molecular formula is C12H13FO4. The molecule has 0 spiro atoms. The van der Waals surface area contributed by atoms with E-state index in [2.05, 4.69) is 0 Å². The van der Waals surface area contributed by atoms with Crippen molar-refractivity contribution >= 4 is 5.97 Å². The fraction of sp³-hybridized carbons (Fsp3) is 0.417. The molecule has 17 heavy (non-hydrogen) atoms. The van der Waals surface area contributed by atoms with Crippen LogP contribution in [-0.4, -0.2) is 24.3 Å². The van der Waals surface area contributed by atoms with Crippen LogP contribution in [0.3, 0.4) is 0 Å². The minimum atomic E-state index is -0.952. The highest BCUT2D eigenvalue weighted by atomic mass is 19.1. The van der Waals surface area contributed by atoms with Crippen LogP contribution in [0.2, 0.25) is 0 Å². The second kappa shape index (κ2) is 4.61. The lowest BCUT2D eigenvalue weighted by atomic mass is 9.96. The summed E-state index contributed by atoms with van der Waals surface area (Å²) in [6.45, 7) is 2.49. The van der Waals surface area contributed by atoms with E-state index >= 15 is 0 Å². The average Bonchev–Trinajstić information content (AvgIpc) is 2.27. The topological polar surface area (TPSA) is 55.8 Å². The van der Waals surface area contributed by atoms with Crippen molar-refractivity contribution in [1.29, 1.82) is 0 Å². The zero-order chi connectivity index (χ0) is 12.4. The van der Waals surface area contributed by atoms with Crippen LogP contribution in [-0.2, 0) is 4.79 Å². The van der Waals surface area contributed by atoms with E-state index in [0.717, 1.165) is 0 Å². The molecule has 0 saturated carbocycles. The fourth-order valence-corrected chi connectivity index (χ4v) is 1.83. The number of ether oxygens (including phenoxy) is 2. The fourth-order valence-electron chi connectivity index (χ4n) is 1.83. The van der Waals surface area contributed by atoms with Gasteiger partial charge in [-0.15, -0.1) is 0 Å². The number of carboxylic acids is 1. The number of halogens is 1. The Morgan fingerprint density at radius 2 is 2.00 bits per heavy atom. The van der Waals surface area contributed by atoms with Gasteiger partial charge in [0, 0.05) is 6.07 Å². The smallest absolute Gasteiger partial charge is 0.303 e. The van der Waals surface area contributed by atoms with E-state index in [1.165, 1.54) is 12.1 Å². The van der Waals surface area contributed by atoms with E-state index in [0.29, 0.717) is 30.3 Å². The van der Waals surface area contributed by atoms with Crippen molar-refractivity contribution in [3.05, 3.63) is 23.5 Å². The summed E-state index contributed by atoms with van der Waals surface area (Å²) in [4.78, 5) is 10.6. The van der Waals surface area contributed by atoms with Gasteiger partial charge in [0.1, 0.15) is 19.0 Å². The van der Waals surface area contributed by atoms with Crippen molar-refractivity contribution in [3.8, 4) is 11.5 Å². The number of carbonyl (C=O) groups is 1. The molecule has 0 aromatic heterocycles. The minimum Gasteiger partial charge on any atom is -0.486 e. The quantitative estimate of drug-likeness (QED) is 0.879. The van der Waals surface area contributed by atoms with E-state index < -0.39 is 17.7 Å². The van der Waals surface area contributed by atoms with Crippen LogP contribution in [0.25, 0.3) is 0 Å². The Morgan fingerprint density at radius 3 is 2.59 bits per heavy atom. The minimum absolute atomic E-state index is 0.115. The van der Waals surface area contributed by atoms with Crippen molar-refractivity contribution in [2.24, 2.45) is 0 Å². The molecule has 1 N–H and O–H groups in total. The largest absolute Gasteiger partial charge is 0.486 e. The second-order valence-corrected chi connectivity index (χ2v) is 4.02. The van der Waals surface area contributed by atoms with Gasteiger partial charge in [-0.3, -0.25) is 4.79 Å². The Kier molecular flexibility index (Phi) is 3.17. The molecule has 1 unspecified atom stereocenters. The van der Waals surface area contributed by atoms with Gasteiger partial charge in [0.25, 0.3) is 0 Å². The lowest BCUT2D eigenvalue weighted by molar-refractivity contribution is -0.137. The molecule has 4 nitrogen and oxygen atoms in total. The molecule has 92 valence electrons. The number of rotatable bonds is 3. The standard InChI is InChI=1S/C12H13FO4/c1-7(4-12(14)15)8-5-10-11(6-9(8)13)17-3-2-16-10/h5-7H,2-4H2,1H3,(H,14,15). The second-order valence-electron chi connectivity index (χ2n) is 4.02. The number of benzene rings is 1. The van der Waals surface area contributed by atoms with E-state index in [4.69, 9.17) is 14.6 Å². The Morgan fingerprint density at radius 1 is 1.41 bits per heavy atom. The molecule has 5 heteroatoms. The molecular weight excluding hydrogens is 227 g/mol. The van der Waals surface area contributed by atoms with Gasteiger partial charge in [0.2, 0.25) is 0 Å². The lowest BCUT2D eigenvalue weighted by Gasteiger charge is -2.20.